The summed E-state index contributed by atoms with van der Waals surface area (Å²) in [5.41, 5.74) is 3.74. The highest BCUT2D eigenvalue weighted by molar-refractivity contribution is 7.80. The normalized spacial score (nSPS) is 21.0. The summed E-state index contributed by atoms with van der Waals surface area (Å²) in [6, 6.07) is 9.79. The minimum Gasteiger partial charge on any atom is -0.251 e. The first-order chi connectivity index (χ1) is 5.88. The molecule has 0 aliphatic carbocycles. The maximum absolute atomic E-state index is 5.02. The number of rotatable bonds is 1. The molecule has 12 heavy (non-hydrogen) atoms. The molecule has 0 radical (unpaired) electrons. The van der Waals surface area contributed by atoms with Gasteiger partial charge in [0.25, 0.3) is 0 Å². The van der Waals surface area contributed by atoms with Crippen LogP contribution in [0.15, 0.2) is 40.7 Å². The highest BCUT2D eigenvalue weighted by Crippen LogP contribution is 2.21. The summed E-state index contributed by atoms with van der Waals surface area (Å²) in [4.78, 5) is 0.668. The summed E-state index contributed by atoms with van der Waals surface area (Å²) in [5, 5.41) is 7.62. The second kappa shape index (κ2) is 2.98. The maximum atomic E-state index is 5.02. The standard InChI is InChI=1S/C8H7N3S/c12-8-7(9-11-10-8)6-4-2-1-3-5-6/h1-5,7H,(H,9,10,12). The highest BCUT2D eigenvalue weighted by Gasteiger charge is 2.19. The Morgan fingerprint density at radius 1 is 1.25 bits per heavy atom. The van der Waals surface area contributed by atoms with Crippen molar-refractivity contribution < 1.29 is 0 Å². The largest absolute Gasteiger partial charge is 0.251 e. The van der Waals surface area contributed by atoms with Gasteiger partial charge in [-0.15, -0.1) is 0 Å². The minimum absolute atomic E-state index is 0.0822. The fourth-order valence-electron chi connectivity index (χ4n) is 1.10. The van der Waals surface area contributed by atoms with E-state index < -0.39 is 0 Å². The van der Waals surface area contributed by atoms with Crippen LogP contribution in [0, 0.1) is 0 Å². The number of hydrogen-bond acceptors (Lipinski definition) is 3. The van der Waals surface area contributed by atoms with E-state index in [9.17, 15) is 0 Å². The molecule has 1 N–H and O–H groups in total. The van der Waals surface area contributed by atoms with Gasteiger partial charge in [0.1, 0.15) is 11.0 Å². The van der Waals surface area contributed by atoms with Gasteiger partial charge in [0.2, 0.25) is 0 Å². The van der Waals surface area contributed by atoms with Gasteiger partial charge in [0.15, 0.2) is 0 Å². The van der Waals surface area contributed by atoms with E-state index in [1.54, 1.807) is 0 Å². The lowest BCUT2D eigenvalue weighted by atomic mass is 10.1. The molecular formula is C8H7N3S. The van der Waals surface area contributed by atoms with Crippen LogP contribution in [0.1, 0.15) is 11.6 Å². The van der Waals surface area contributed by atoms with Gasteiger partial charge in [-0.3, -0.25) is 5.43 Å². The molecule has 0 aromatic heterocycles. The van der Waals surface area contributed by atoms with Gasteiger partial charge >= 0.3 is 0 Å². The second-order valence-corrected chi connectivity index (χ2v) is 2.94. The van der Waals surface area contributed by atoms with Gasteiger partial charge in [0, 0.05) is 0 Å². The van der Waals surface area contributed by atoms with Crippen molar-refractivity contribution in [3.63, 3.8) is 0 Å². The molecule has 1 unspecified atom stereocenters. The zero-order valence-electron chi connectivity index (χ0n) is 6.27. The highest BCUT2D eigenvalue weighted by atomic mass is 32.1. The average molecular weight is 177 g/mol. The second-order valence-electron chi connectivity index (χ2n) is 2.50. The molecule has 0 bridgehead atoms. The summed E-state index contributed by atoms with van der Waals surface area (Å²) in [6.45, 7) is 0. The Bertz CT molecular complexity index is 320. The van der Waals surface area contributed by atoms with Gasteiger partial charge in [-0.1, -0.05) is 47.8 Å². The molecule has 2 rings (SSSR count). The van der Waals surface area contributed by atoms with Gasteiger partial charge in [0.05, 0.1) is 0 Å². The predicted molar refractivity (Wildman–Crippen MR) is 49.8 cm³/mol. The molecule has 1 atom stereocenters. The van der Waals surface area contributed by atoms with E-state index in [4.69, 9.17) is 12.2 Å². The predicted octanol–water partition coefficient (Wildman–Crippen LogP) is 2.03. The third kappa shape index (κ3) is 1.21. The van der Waals surface area contributed by atoms with Crippen LogP contribution in [0.2, 0.25) is 0 Å². The molecule has 4 heteroatoms. The Morgan fingerprint density at radius 2 is 2.00 bits per heavy atom. The lowest BCUT2D eigenvalue weighted by molar-refractivity contribution is 0.900. The summed E-state index contributed by atoms with van der Waals surface area (Å²) in [5.74, 6) is 0. The van der Waals surface area contributed by atoms with Crippen molar-refractivity contribution >= 4 is 17.2 Å². The van der Waals surface area contributed by atoms with Crippen molar-refractivity contribution in [3.8, 4) is 0 Å². The van der Waals surface area contributed by atoms with Crippen LogP contribution in [0.3, 0.4) is 0 Å². The molecular weight excluding hydrogens is 170 g/mol. The number of nitrogens with one attached hydrogen (secondary N) is 1. The van der Waals surface area contributed by atoms with E-state index in [0.29, 0.717) is 4.99 Å². The van der Waals surface area contributed by atoms with Crippen LogP contribution >= 0.6 is 12.2 Å². The fourth-order valence-corrected chi connectivity index (χ4v) is 1.33. The smallest absolute Gasteiger partial charge is 0.150 e. The van der Waals surface area contributed by atoms with E-state index in [2.05, 4.69) is 15.8 Å². The van der Waals surface area contributed by atoms with E-state index in [0.717, 1.165) is 5.56 Å². The van der Waals surface area contributed by atoms with Crippen molar-refractivity contribution in [1.82, 2.24) is 5.43 Å². The summed E-state index contributed by atoms with van der Waals surface area (Å²) >= 11 is 5.02. The third-order valence-electron chi connectivity index (χ3n) is 1.70. The lowest BCUT2D eigenvalue weighted by Crippen LogP contribution is -2.14. The molecule has 0 saturated heterocycles. The van der Waals surface area contributed by atoms with Crippen LogP contribution in [-0.2, 0) is 0 Å². The first-order valence-corrected chi connectivity index (χ1v) is 4.03. The van der Waals surface area contributed by atoms with Gasteiger partial charge in [-0.25, -0.2) is 0 Å². The summed E-state index contributed by atoms with van der Waals surface area (Å²) < 4.78 is 0. The first kappa shape index (κ1) is 7.36. The fraction of sp³-hybridized carbons (Fsp3) is 0.125. The topological polar surface area (TPSA) is 36.8 Å². The number of hydrogen-bond donors (Lipinski definition) is 1. The summed E-state index contributed by atoms with van der Waals surface area (Å²) in [7, 11) is 0. The number of nitrogens with zero attached hydrogens (tertiary/aromatic N) is 2. The third-order valence-corrected chi connectivity index (χ3v) is 2.01. The lowest BCUT2D eigenvalue weighted by Gasteiger charge is -2.03. The van der Waals surface area contributed by atoms with Gasteiger partial charge in [-0.05, 0) is 5.56 Å². The van der Waals surface area contributed by atoms with Crippen molar-refractivity contribution in [2.45, 2.75) is 6.04 Å². The van der Waals surface area contributed by atoms with Crippen molar-refractivity contribution in [2.75, 3.05) is 0 Å². The molecule has 60 valence electrons. The number of thiocarbonyl (C=S) groups is 1. The Morgan fingerprint density at radius 3 is 2.58 bits per heavy atom. The molecule has 3 nitrogen and oxygen atoms in total. The molecule has 1 aromatic rings. The molecule has 0 fully saturated rings. The zero-order valence-corrected chi connectivity index (χ0v) is 7.08. The SMILES string of the molecule is S=C1NN=NC1c1ccccc1. The molecule has 0 amide bonds. The molecule has 1 aliphatic rings. The molecule has 1 heterocycles. The number of benzene rings is 1. The van der Waals surface area contributed by atoms with Crippen LogP contribution in [0.5, 0.6) is 0 Å². The van der Waals surface area contributed by atoms with Crippen molar-refractivity contribution in [2.24, 2.45) is 10.3 Å². The Hall–Kier alpha value is -1.29. The van der Waals surface area contributed by atoms with Crippen molar-refractivity contribution in [1.29, 1.82) is 0 Å². The molecule has 0 spiro atoms. The molecule has 1 aromatic carbocycles. The zero-order chi connectivity index (χ0) is 8.39. The quantitative estimate of drug-likeness (QED) is 0.666. The van der Waals surface area contributed by atoms with Crippen LogP contribution in [-0.4, -0.2) is 4.99 Å². The van der Waals surface area contributed by atoms with E-state index in [1.165, 1.54) is 0 Å². The van der Waals surface area contributed by atoms with E-state index in [1.807, 2.05) is 30.3 Å². The maximum Gasteiger partial charge on any atom is 0.150 e. The Balaban J connectivity index is 2.31. The first-order valence-electron chi connectivity index (χ1n) is 3.62. The molecule has 0 saturated carbocycles. The van der Waals surface area contributed by atoms with Crippen LogP contribution < -0.4 is 5.43 Å². The van der Waals surface area contributed by atoms with E-state index >= 15 is 0 Å². The monoisotopic (exact) mass is 177 g/mol. The van der Waals surface area contributed by atoms with Crippen LogP contribution in [0.25, 0.3) is 0 Å². The van der Waals surface area contributed by atoms with Gasteiger partial charge < -0.3 is 0 Å². The minimum atomic E-state index is -0.0822. The van der Waals surface area contributed by atoms with Crippen molar-refractivity contribution in [3.05, 3.63) is 35.9 Å². The Kier molecular flexibility index (Phi) is 1.83. The van der Waals surface area contributed by atoms with Gasteiger partial charge in [-0.2, -0.15) is 5.11 Å². The Labute approximate surface area is 75.5 Å². The summed E-state index contributed by atoms with van der Waals surface area (Å²) in [6.07, 6.45) is 0. The van der Waals surface area contributed by atoms with Crippen LogP contribution in [0.4, 0.5) is 0 Å². The molecule has 1 aliphatic heterocycles. The average Bonchev–Trinajstić information content (AvgIpc) is 2.53. The van der Waals surface area contributed by atoms with E-state index in [-0.39, 0.29) is 6.04 Å².